The van der Waals surface area contributed by atoms with Crippen LogP contribution in [0.1, 0.15) is 11.3 Å². The molecule has 0 radical (unpaired) electrons. The molecule has 1 aromatic heterocycles. The molecule has 0 atom stereocenters. The summed E-state index contributed by atoms with van der Waals surface area (Å²) in [7, 11) is 0. The summed E-state index contributed by atoms with van der Waals surface area (Å²) in [5, 5.41) is 0. The third kappa shape index (κ3) is 2.93. The Balaban J connectivity index is 3.02. The molecule has 0 N–H and O–H groups in total. The van der Waals surface area contributed by atoms with Crippen LogP contribution in [0.25, 0.3) is 0 Å². The highest BCUT2D eigenvalue weighted by Crippen LogP contribution is 2.28. The summed E-state index contributed by atoms with van der Waals surface area (Å²) >= 11 is 5.26. The molecule has 5 heteroatoms. The number of pyridine rings is 1. The summed E-state index contributed by atoms with van der Waals surface area (Å²) in [4.78, 5) is 3.66. The van der Waals surface area contributed by atoms with Crippen LogP contribution in [0.15, 0.2) is 18.3 Å². The van der Waals surface area contributed by atoms with Crippen molar-refractivity contribution in [2.24, 2.45) is 0 Å². The SMILES string of the molecule is FC(F)(F)c1ccnc(C#CCCl)c1. The molecule has 0 bridgehead atoms. The second kappa shape index (κ2) is 4.34. The van der Waals surface area contributed by atoms with Crippen LogP contribution in [-0.2, 0) is 6.18 Å². The standard InChI is InChI=1S/C9H5ClF3N/c10-4-1-2-8-6-7(3-5-14-8)9(11,12)13/h3,5-6H,4H2. The van der Waals surface area contributed by atoms with E-state index in [4.69, 9.17) is 11.6 Å². The number of rotatable bonds is 0. The van der Waals surface area contributed by atoms with Gasteiger partial charge in [0.15, 0.2) is 0 Å². The van der Waals surface area contributed by atoms with Gasteiger partial charge in [-0.15, -0.1) is 11.6 Å². The summed E-state index contributed by atoms with van der Waals surface area (Å²) in [6, 6.07) is 1.78. The zero-order chi connectivity index (χ0) is 10.6. The Morgan fingerprint density at radius 2 is 2.14 bits per heavy atom. The predicted octanol–water partition coefficient (Wildman–Crippen LogP) is 2.69. The van der Waals surface area contributed by atoms with Crippen molar-refractivity contribution in [3.05, 3.63) is 29.6 Å². The van der Waals surface area contributed by atoms with Crippen molar-refractivity contribution in [2.75, 3.05) is 5.88 Å². The minimum atomic E-state index is -4.36. The van der Waals surface area contributed by atoms with Crippen LogP contribution in [0.5, 0.6) is 0 Å². The van der Waals surface area contributed by atoms with Gasteiger partial charge in [-0.3, -0.25) is 0 Å². The number of nitrogens with zero attached hydrogens (tertiary/aromatic N) is 1. The number of hydrogen-bond acceptors (Lipinski definition) is 1. The first-order chi connectivity index (χ1) is 6.54. The van der Waals surface area contributed by atoms with Gasteiger partial charge < -0.3 is 0 Å². The van der Waals surface area contributed by atoms with Crippen molar-refractivity contribution in [2.45, 2.75) is 6.18 Å². The second-order valence-corrected chi connectivity index (χ2v) is 2.63. The predicted molar refractivity (Wildman–Crippen MR) is 46.8 cm³/mol. The van der Waals surface area contributed by atoms with Gasteiger partial charge in [0.2, 0.25) is 0 Å². The molecule has 0 spiro atoms. The molecule has 0 saturated carbocycles. The highest BCUT2D eigenvalue weighted by atomic mass is 35.5. The molecular weight excluding hydrogens is 215 g/mol. The Bertz CT molecular complexity index is 376. The van der Waals surface area contributed by atoms with Gasteiger partial charge in [-0.1, -0.05) is 5.92 Å². The van der Waals surface area contributed by atoms with Crippen LogP contribution in [0.3, 0.4) is 0 Å². The van der Waals surface area contributed by atoms with Gasteiger partial charge in [-0.25, -0.2) is 4.98 Å². The van der Waals surface area contributed by atoms with E-state index in [-0.39, 0.29) is 11.6 Å². The monoisotopic (exact) mass is 219 g/mol. The van der Waals surface area contributed by atoms with Gasteiger partial charge in [0, 0.05) is 6.20 Å². The topological polar surface area (TPSA) is 12.9 Å². The van der Waals surface area contributed by atoms with E-state index in [0.717, 1.165) is 18.3 Å². The summed E-state index contributed by atoms with van der Waals surface area (Å²) in [6.45, 7) is 0. The Hall–Kier alpha value is -1.21. The van der Waals surface area contributed by atoms with Crippen molar-refractivity contribution >= 4 is 11.6 Å². The molecule has 0 aromatic carbocycles. The van der Waals surface area contributed by atoms with Gasteiger partial charge in [0.25, 0.3) is 0 Å². The largest absolute Gasteiger partial charge is 0.416 e. The maximum absolute atomic E-state index is 12.2. The number of alkyl halides is 4. The minimum absolute atomic E-state index is 0.0674. The minimum Gasteiger partial charge on any atom is -0.248 e. The Morgan fingerprint density at radius 3 is 2.71 bits per heavy atom. The average molecular weight is 220 g/mol. The molecule has 1 rings (SSSR count). The molecule has 1 aromatic rings. The lowest BCUT2D eigenvalue weighted by Crippen LogP contribution is -2.05. The van der Waals surface area contributed by atoms with Crippen molar-refractivity contribution in [1.82, 2.24) is 4.98 Å². The number of hydrogen-bond donors (Lipinski definition) is 0. The van der Waals surface area contributed by atoms with E-state index < -0.39 is 11.7 Å². The first-order valence-electron chi connectivity index (χ1n) is 3.62. The summed E-state index contributed by atoms with van der Waals surface area (Å²) < 4.78 is 36.6. The van der Waals surface area contributed by atoms with Gasteiger partial charge in [-0.2, -0.15) is 13.2 Å². The Kier molecular flexibility index (Phi) is 3.37. The lowest BCUT2D eigenvalue weighted by Gasteiger charge is -2.05. The fourth-order valence-corrected chi connectivity index (χ4v) is 0.866. The molecular formula is C9H5ClF3N. The molecule has 0 unspecified atom stereocenters. The van der Waals surface area contributed by atoms with E-state index in [0.29, 0.717) is 0 Å². The van der Waals surface area contributed by atoms with Gasteiger partial charge in [-0.05, 0) is 18.1 Å². The summed E-state index contributed by atoms with van der Waals surface area (Å²) in [5.41, 5.74) is -0.688. The van der Waals surface area contributed by atoms with Crippen LogP contribution in [0, 0.1) is 11.8 Å². The van der Waals surface area contributed by atoms with Gasteiger partial charge in [0.05, 0.1) is 11.4 Å². The van der Waals surface area contributed by atoms with Crippen LogP contribution in [-0.4, -0.2) is 10.9 Å². The van der Waals surface area contributed by atoms with Crippen LogP contribution < -0.4 is 0 Å². The second-order valence-electron chi connectivity index (χ2n) is 2.36. The van der Waals surface area contributed by atoms with Crippen molar-refractivity contribution in [3.8, 4) is 11.8 Å². The third-order valence-electron chi connectivity index (χ3n) is 1.37. The molecule has 0 aliphatic heterocycles. The lowest BCUT2D eigenvalue weighted by molar-refractivity contribution is -0.137. The third-order valence-corrected chi connectivity index (χ3v) is 1.50. The van der Waals surface area contributed by atoms with E-state index in [9.17, 15) is 13.2 Å². The molecule has 14 heavy (non-hydrogen) atoms. The lowest BCUT2D eigenvalue weighted by atomic mass is 10.2. The first kappa shape index (κ1) is 10.9. The maximum Gasteiger partial charge on any atom is 0.416 e. The van der Waals surface area contributed by atoms with E-state index in [2.05, 4.69) is 16.8 Å². The molecule has 0 fully saturated rings. The summed E-state index contributed by atoms with van der Waals surface area (Å²) in [5.74, 6) is 4.91. The molecule has 74 valence electrons. The number of halogens is 4. The Labute approximate surface area is 83.9 Å². The van der Waals surface area contributed by atoms with Crippen LogP contribution in [0.4, 0.5) is 13.2 Å². The van der Waals surface area contributed by atoms with E-state index >= 15 is 0 Å². The average Bonchev–Trinajstić information content (AvgIpc) is 2.14. The highest BCUT2D eigenvalue weighted by molar-refractivity contribution is 6.19. The van der Waals surface area contributed by atoms with Crippen molar-refractivity contribution in [1.29, 1.82) is 0 Å². The smallest absolute Gasteiger partial charge is 0.248 e. The molecule has 1 heterocycles. The van der Waals surface area contributed by atoms with Crippen LogP contribution >= 0.6 is 11.6 Å². The van der Waals surface area contributed by atoms with Crippen molar-refractivity contribution < 1.29 is 13.2 Å². The fourth-order valence-electron chi connectivity index (χ4n) is 0.799. The quantitative estimate of drug-likeness (QED) is 0.483. The maximum atomic E-state index is 12.2. The zero-order valence-electron chi connectivity index (χ0n) is 6.90. The highest BCUT2D eigenvalue weighted by Gasteiger charge is 2.30. The van der Waals surface area contributed by atoms with Crippen molar-refractivity contribution in [3.63, 3.8) is 0 Å². The first-order valence-corrected chi connectivity index (χ1v) is 4.15. The molecule has 0 aliphatic rings. The normalized spacial score (nSPS) is 10.6. The zero-order valence-corrected chi connectivity index (χ0v) is 7.65. The molecule has 0 aliphatic carbocycles. The van der Waals surface area contributed by atoms with E-state index in [1.165, 1.54) is 0 Å². The number of aromatic nitrogens is 1. The summed E-state index contributed by atoms with van der Waals surface area (Å²) in [6.07, 6.45) is -3.29. The fraction of sp³-hybridized carbons (Fsp3) is 0.222. The Morgan fingerprint density at radius 1 is 1.43 bits per heavy atom. The van der Waals surface area contributed by atoms with Gasteiger partial charge in [0.1, 0.15) is 5.69 Å². The van der Waals surface area contributed by atoms with Gasteiger partial charge >= 0.3 is 6.18 Å². The molecule has 1 nitrogen and oxygen atoms in total. The van der Waals surface area contributed by atoms with E-state index in [1.807, 2.05) is 0 Å². The van der Waals surface area contributed by atoms with E-state index in [1.54, 1.807) is 0 Å². The molecule has 0 amide bonds. The van der Waals surface area contributed by atoms with Crippen LogP contribution in [0.2, 0.25) is 0 Å². The molecule has 0 saturated heterocycles.